The molecule has 1 unspecified atom stereocenters. The minimum absolute atomic E-state index is 0.0311. The molecule has 1 aliphatic carbocycles. The summed E-state index contributed by atoms with van der Waals surface area (Å²) in [6, 6.07) is 16.6. The topological polar surface area (TPSA) is 75.2 Å². The van der Waals surface area contributed by atoms with Crippen molar-refractivity contribution in [2.75, 3.05) is 26.7 Å². The highest BCUT2D eigenvalue weighted by Gasteiger charge is 2.40. The smallest absolute Gasteiger partial charge is 0.317 e. The fourth-order valence-electron chi connectivity index (χ4n) is 5.78. The normalized spacial score (nSPS) is 20.9. The van der Waals surface area contributed by atoms with Gasteiger partial charge in [-0.1, -0.05) is 18.1 Å². The molecule has 5 rings (SSSR count). The van der Waals surface area contributed by atoms with Crippen molar-refractivity contribution in [2.45, 2.75) is 44.7 Å². The van der Waals surface area contributed by atoms with E-state index in [9.17, 15) is 4.79 Å². The SMILES string of the molecule is CCN(CC)C(=O)N[C@H]1CC2c3cccc4[nH]c(C#Cc5ccc(C#N)cc5)c(c34)C[C@H]2N(C)C1. The average Bonchev–Trinajstić information content (AvgIpc) is 3.23. The number of H-pyrrole nitrogens is 1. The standard InChI is InChI=1S/C29H31N5O/c1-4-34(5-2)29(35)31-21-15-23-22-7-6-8-26-28(22)24(16-27(23)33(3)18-21)25(32-26)14-13-19-9-11-20(17-30)12-10-19/h6-12,21,23,27,32H,4-5,15-16,18H2,1-3H3,(H,31,35)/t21-,23?,27+/m0/s1. The van der Waals surface area contributed by atoms with Gasteiger partial charge in [-0.3, -0.25) is 0 Å². The van der Waals surface area contributed by atoms with Crippen molar-refractivity contribution in [1.29, 1.82) is 5.26 Å². The van der Waals surface area contributed by atoms with Gasteiger partial charge in [0.2, 0.25) is 0 Å². The van der Waals surface area contributed by atoms with Gasteiger partial charge in [-0.2, -0.15) is 5.26 Å². The summed E-state index contributed by atoms with van der Waals surface area (Å²) in [4.78, 5) is 20.5. The monoisotopic (exact) mass is 465 g/mol. The van der Waals surface area contributed by atoms with Crippen LogP contribution in [0.5, 0.6) is 0 Å². The Kier molecular flexibility index (Phi) is 6.24. The van der Waals surface area contributed by atoms with Gasteiger partial charge in [0.15, 0.2) is 0 Å². The number of urea groups is 1. The van der Waals surface area contributed by atoms with Gasteiger partial charge in [0.05, 0.1) is 17.3 Å². The summed E-state index contributed by atoms with van der Waals surface area (Å²) in [5.41, 5.74) is 6.27. The molecule has 3 atom stereocenters. The summed E-state index contributed by atoms with van der Waals surface area (Å²) in [5, 5.41) is 13.6. The number of likely N-dealkylation sites (tertiary alicyclic amines) is 1. The summed E-state index contributed by atoms with van der Waals surface area (Å²) in [6.07, 6.45) is 1.88. The first-order valence-electron chi connectivity index (χ1n) is 12.4. The summed E-state index contributed by atoms with van der Waals surface area (Å²) in [6.45, 7) is 6.31. The van der Waals surface area contributed by atoms with Crippen LogP contribution in [0.1, 0.15) is 54.1 Å². The number of aromatic nitrogens is 1. The van der Waals surface area contributed by atoms with Gasteiger partial charge in [0.1, 0.15) is 0 Å². The molecule has 0 saturated carbocycles. The summed E-state index contributed by atoms with van der Waals surface area (Å²) < 4.78 is 0. The van der Waals surface area contributed by atoms with Gasteiger partial charge in [-0.25, -0.2) is 4.79 Å². The highest BCUT2D eigenvalue weighted by Crippen LogP contribution is 2.44. The number of amides is 2. The maximum absolute atomic E-state index is 12.7. The quantitative estimate of drug-likeness (QED) is 0.569. The minimum atomic E-state index is 0.0311. The highest BCUT2D eigenvalue weighted by molar-refractivity contribution is 5.91. The number of piperidine rings is 1. The van der Waals surface area contributed by atoms with Crippen molar-refractivity contribution in [2.24, 2.45) is 0 Å². The molecule has 178 valence electrons. The number of hydrogen-bond donors (Lipinski definition) is 2. The van der Waals surface area contributed by atoms with E-state index in [1.54, 1.807) is 12.1 Å². The Bertz CT molecular complexity index is 1350. The highest BCUT2D eigenvalue weighted by atomic mass is 16.2. The van der Waals surface area contributed by atoms with Crippen molar-refractivity contribution in [3.63, 3.8) is 0 Å². The van der Waals surface area contributed by atoms with Gasteiger partial charge < -0.3 is 20.1 Å². The fourth-order valence-corrected chi connectivity index (χ4v) is 5.78. The van der Waals surface area contributed by atoms with Gasteiger partial charge in [-0.15, -0.1) is 0 Å². The number of carbonyl (C=O) groups is 1. The molecule has 1 saturated heterocycles. The number of fused-ring (bicyclic) bond motifs is 2. The van der Waals surface area contributed by atoms with E-state index in [0.717, 1.165) is 49.2 Å². The van der Waals surface area contributed by atoms with Crippen LogP contribution in [0.3, 0.4) is 0 Å². The third kappa shape index (κ3) is 4.27. The lowest BCUT2D eigenvalue weighted by Crippen LogP contribution is -2.56. The van der Waals surface area contributed by atoms with Gasteiger partial charge in [0, 0.05) is 54.1 Å². The molecule has 3 aromatic rings. The van der Waals surface area contributed by atoms with E-state index in [4.69, 9.17) is 5.26 Å². The van der Waals surface area contributed by atoms with Crippen LogP contribution >= 0.6 is 0 Å². The Labute approximate surface area is 206 Å². The van der Waals surface area contributed by atoms with Crippen LogP contribution in [0, 0.1) is 23.2 Å². The lowest BCUT2D eigenvalue weighted by Gasteiger charge is -2.46. The molecule has 0 spiro atoms. The molecule has 2 aromatic carbocycles. The van der Waals surface area contributed by atoms with E-state index in [2.05, 4.69) is 58.4 Å². The van der Waals surface area contributed by atoms with Crippen LogP contribution in [0.2, 0.25) is 0 Å². The second-order valence-corrected chi connectivity index (χ2v) is 9.56. The third-order valence-electron chi connectivity index (χ3n) is 7.57. The van der Waals surface area contributed by atoms with Crippen LogP contribution in [0.25, 0.3) is 10.9 Å². The Morgan fingerprint density at radius 1 is 1.14 bits per heavy atom. The fraction of sp³-hybridized carbons (Fsp3) is 0.379. The van der Waals surface area contributed by atoms with Crippen molar-refractivity contribution in [3.8, 4) is 17.9 Å². The molecule has 6 nitrogen and oxygen atoms in total. The second kappa shape index (κ2) is 9.49. The van der Waals surface area contributed by atoms with Crippen LogP contribution < -0.4 is 5.32 Å². The number of nitriles is 1. The number of carbonyl (C=O) groups excluding carboxylic acids is 1. The minimum Gasteiger partial charge on any atom is -0.348 e. The molecule has 2 amide bonds. The number of hydrogen-bond acceptors (Lipinski definition) is 3. The van der Waals surface area contributed by atoms with E-state index in [0.29, 0.717) is 17.5 Å². The molecule has 2 aliphatic rings. The Morgan fingerprint density at radius 3 is 2.60 bits per heavy atom. The van der Waals surface area contributed by atoms with Crippen molar-refractivity contribution < 1.29 is 4.79 Å². The third-order valence-corrected chi connectivity index (χ3v) is 7.57. The van der Waals surface area contributed by atoms with Crippen LogP contribution in [-0.4, -0.2) is 59.6 Å². The maximum atomic E-state index is 12.7. The Balaban J connectivity index is 1.46. The number of nitrogens with one attached hydrogen (secondary N) is 2. The molecular weight excluding hydrogens is 434 g/mol. The van der Waals surface area contributed by atoms with Crippen molar-refractivity contribution >= 4 is 16.9 Å². The molecule has 2 N–H and O–H groups in total. The summed E-state index contributed by atoms with van der Waals surface area (Å²) in [5.74, 6) is 7.00. The van der Waals surface area contributed by atoms with Gasteiger partial charge in [-0.05, 0) is 81.1 Å². The number of nitrogens with zero attached hydrogens (tertiary/aromatic N) is 3. The second-order valence-electron chi connectivity index (χ2n) is 9.56. The summed E-state index contributed by atoms with van der Waals surface area (Å²) >= 11 is 0. The molecule has 1 aromatic heterocycles. The average molecular weight is 466 g/mol. The van der Waals surface area contributed by atoms with Crippen LogP contribution in [0.4, 0.5) is 4.79 Å². The van der Waals surface area contributed by atoms with E-state index in [1.165, 1.54) is 16.5 Å². The summed E-state index contributed by atoms with van der Waals surface area (Å²) in [7, 11) is 2.17. The molecule has 0 bridgehead atoms. The van der Waals surface area contributed by atoms with E-state index < -0.39 is 0 Å². The van der Waals surface area contributed by atoms with E-state index >= 15 is 0 Å². The molecule has 1 aliphatic heterocycles. The largest absolute Gasteiger partial charge is 0.348 e. The first kappa shape index (κ1) is 23.0. The molecular formula is C29H31N5O. The molecule has 1 fully saturated rings. The van der Waals surface area contributed by atoms with Crippen LogP contribution in [-0.2, 0) is 6.42 Å². The van der Waals surface area contributed by atoms with Gasteiger partial charge >= 0.3 is 6.03 Å². The molecule has 6 heteroatoms. The van der Waals surface area contributed by atoms with E-state index in [1.807, 2.05) is 30.9 Å². The predicted octanol–water partition coefficient (Wildman–Crippen LogP) is 4.20. The number of rotatable bonds is 3. The zero-order valence-electron chi connectivity index (χ0n) is 20.6. The number of likely N-dealkylation sites (N-methyl/N-ethyl adjacent to an activating group) is 1. The van der Waals surface area contributed by atoms with Crippen LogP contribution in [0.15, 0.2) is 42.5 Å². The number of benzene rings is 2. The maximum Gasteiger partial charge on any atom is 0.317 e. The lowest BCUT2D eigenvalue weighted by molar-refractivity contribution is 0.124. The zero-order chi connectivity index (χ0) is 24.5. The van der Waals surface area contributed by atoms with Crippen molar-refractivity contribution in [1.82, 2.24) is 20.1 Å². The molecule has 0 radical (unpaired) electrons. The Hall–Kier alpha value is -3.74. The first-order chi connectivity index (χ1) is 17.0. The Morgan fingerprint density at radius 2 is 1.89 bits per heavy atom. The van der Waals surface area contributed by atoms with E-state index in [-0.39, 0.29) is 12.1 Å². The lowest BCUT2D eigenvalue weighted by atomic mass is 9.73. The van der Waals surface area contributed by atoms with Gasteiger partial charge in [0.25, 0.3) is 0 Å². The molecule has 2 heterocycles. The number of aromatic amines is 1. The zero-order valence-corrected chi connectivity index (χ0v) is 20.6. The first-order valence-corrected chi connectivity index (χ1v) is 12.4. The molecule has 35 heavy (non-hydrogen) atoms. The predicted molar refractivity (Wildman–Crippen MR) is 138 cm³/mol. The van der Waals surface area contributed by atoms with Crippen molar-refractivity contribution in [3.05, 3.63) is 70.4 Å².